The number of nitrogens with zero attached hydrogens (tertiary/aromatic N) is 2. The van der Waals surface area contributed by atoms with E-state index in [-0.39, 0.29) is 5.91 Å². The minimum absolute atomic E-state index is 0.112. The molecule has 0 unspecified atom stereocenters. The van der Waals surface area contributed by atoms with Crippen LogP contribution in [0, 0.1) is 11.3 Å². The molecule has 0 aliphatic heterocycles. The Balaban J connectivity index is 2.64. The molecule has 22 heavy (non-hydrogen) atoms. The maximum atomic E-state index is 12.8. The molecule has 0 spiro atoms. The van der Waals surface area contributed by atoms with Gasteiger partial charge in [0.15, 0.2) is 0 Å². The van der Waals surface area contributed by atoms with Crippen molar-refractivity contribution in [3.63, 3.8) is 0 Å². The van der Waals surface area contributed by atoms with Crippen LogP contribution in [0.15, 0.2) is 30.3 Å². The normalized spacial score (nSPS) is 10.3. The fraction of sp³-hybridized carbons (Fsp3) is 0.333. The van der Waals surface area contributed by atoms with Crippen molar-refractivity contribution in [2.45, 2.75) is 19.8 Å². The van der Waals surface area contributed by atoms with E-state index in [0.717, 1.165) is 23.6 Å². The maximum absolute atomic E-state index is 12.8. The molecule has 0 aliphatic carbocycles. The Morgan fingerprint density at radius 1 is 1.36 bits per heavy atom. The third-order valence-corrected chi connectivity index (χ3v) is 3.73. The third-order valence-electron chi connectivity index (χ3n) is 3.73. The molecular formula is C18H20N2O2. The molecule has 0 saturated heterocycles. The lowest BCUT2D eigenvalue weighted by Crippen LogP contribution is -2.28. The van der Waals surface area contributed by atoms with Gasteiger partial charge in [-0.3, -0.25) is 4.79 Å². The molecule has 2 aromatic carbocycles. The number of methoxy groups -OCH3 is 1. The highest BCUT2D eigenvalue weighted by Gasteiger charge is 2.22. The van der Waals surface area contributed by atoms with Gasteiger partial charge in [-0.1, -0.05) is 37.6 Å². The third kappa shape index (κ3) is 2.89. The molecule has 0 aliphatic rings. The van der Waals surface area contributed by atoms with Crippen LogP contribution in [0.5, 0.6) is 5.75 Å². The largest absolute Gasteiger partial charge is 0.495 e. The van der Waals surface area contributed by atoms with E-state index >= 15 is 0 Å². The number of benzene rings is 2. The van der Waals surface area contributed by atoms with Crippen LogP contribution >= 0.6 is 0 Å². The van der Waals surface area contributed by atoms with E-state index in [1.807, 2.05) is 24.3 Å². The van der Waals surface area contributed by atoms with Crippen molar-refractivity contribution in [2.24, 2.45) is 0 Å². The summed E-state index contributed by atoms with van der Waals surface area (Å²) < 4.78 is 5.38. The first-order valence-electron chi connectivity index (χ1n) is 7.39. The summed E-state index contributed by atoms with van der Waals surface area (Å²) >= 11 is 0. The van der Waals surface area contributed by atoms with Crippen LogP contribution in [0.1, 0.15) is 35.7 Å². The molecule has 0 radical (unpaired) electrons. The van der Waals surface area contributed by atoms with Gasteiger partial charge in [-0.05, 0) is 23.3 Å². The van der Waals surface area contributed by atoms with E-state index in [0.29, 0.717) is 23.4 Å². The number of amides is 1. The first kappa shape index (κ1) is 15.8. The highest BCUT2D eigenvalue weighted by atomic mass is 16.5. The summed E-state index contributed by atoms with van der Waals surface area (Å²) in [5.41, 5.74) is 0.851. The van der Waals surface area contributed by atoms with Crippen LogP contribution in [0.3, 0.4) is 0 Å². The van der Waals surface area contributed by atoms with Crippen LogP contribution in [0.25, 0.3) is 10.8 Å². The van der Waals surface area contributed by atoms with Gasteiger partial charge in [0.2, 0.25) is 0 Å². The Morgan fingerprint density at radius 3 is 2.73 bits per heavy atom. The number of carbonyl (C=O) groups excluding carboxylic acids is 1. The Labute approximate surface area is 130 Å². The highest BCUT2D eigenvalue weighted by Crippen LogP contribution is 2.32. The van der Waals surface area contributed by atoms with Gasteiger partial charge in [0.1, 0.15) is 11.8 Å². The van der Waals surface area contributed by atoms with Crippen molar-refractivity contribution in [3.8, 4) is 11.8 Å². The van der Waals surface area contributed by atoms with Crippen molar-refractivity contribution in [3.05, 3.63) is 41.5 Å². The van der Waals surface area contributed by atoms with Gasteiger partial charge in [0.05, 0.1) is 18.2 Å². The van der Waals surface area contributed by atoms with E-state index in [1.54, 1.807) is 18.0 Å². The second kappa shape index (κ2) is 6.95. The number of fused-ring (bicyclic) bond motifs is 1. The molecule has 0 atom stereocenters. The van der Waals surface area contributed by atoms with Crippen molar-refractivity contribution < 1.29 is 9.53 Å². The van der Waals surface area contributed by atoms with E-state index in [2.05, 4.69) is 13.0 Å². The van der Waals surface area contributed by atoms with Gasteiger partial charge in [-0.2, -0.15) is 5.26 Å². The average Bonchev–Trinajstić information content (AvgIpc) is 2.56. The molecule has 0 bridgehead atoms. The van der Waals surface area contributed by atoms with E-state index in [9.17, 15) is 10.1 Å². The molecule has 0 fully saturated rings. The Hall–Kier alpha value is -2.54. The van der Waals surface area contributed by atoms with Crippen molar-refractivity contribution in [1.29, 1.82) is 5.26 Å². The Bertz CT molecular complexity index is 732. The van der Waals surface area contributed by atoms with Crippen molar-refractivity contribution in [1.82, 2.24) is 4.90 Å². The molecule has 4 heteroatoms. The summed E-state index contributed by atoms with van der Waals surface area (Å²) in [6, 6.07) is 11.5. The Kier molecular flexibility index (Phi) is 5.00. The van der Waals surface area contributed by atoms with Gasteiger partial charge in [-0.25, -0.2) is 0 Å². The van der Waals surface area contributed by atoms with E-state index in [4.69, 9.17) is 4.74 Å². The molecule has 0 heterocycles. The average molecular weight is 296 g/mol. The van der Waals surface area contributed by atoms with E-state index in [1.165, 1.54) is 7.11 Å². The van der Waals surface area contributed by atoms with Gasteiger partial charge < -0.3 is 9.64 Å². The predicted molar refractivity (Wildman–Crippen MR) is 87.1 cm³/mol. The van der Waals surface area contributed by atoms with Crippen molar-refractivity contribution >= 4 is 16.7 Å². The van der Waals surface area contributed by atoms with Gasteiger partial charge in [-0.15, -0.1) is 0 Å². The fourth-order valence-corrected chi connectivity index (χ4v) is 2.52. The molecule has 4 nitrogen and oxygen atoms in total. The topological polar surface area (TPSA) is 53.3 Å². The molecule has 2 aromatic rings. The van der Waals surface area contributed by atoms with Gasteiger partial charge in [0.25, 0.3) is 5.91 Å². The first-order valence-corrected chi connectivity index (χ1v) is 7.39. The molecule has 0 N–H and O–H groups in total. The number of unbranched alkanes of at least 4 members (excludes halogenated alkanes) is 1. The maximum Gasteiger partial charge on any atom is 0.258 e. The second-order valence-electron chi connectivity index (χ2n) is 5.25. The molecule has 0 saturated carbocycles. The summed E-state index contributed by atoms with van der Waals surface area (Å²) in [6.45, 7) is 2.77. The number of rotatable bonds is 5. The van der Waals surface area contributed by atoms with Crippen molar-refractivity contribution in [2.75, 3.05) is 20.7 Å². The summed E-state index contributed by atoms with van der Waals surface area (Å²) in [5, 5.41) is 11.0. The first-order chi connectivity index (χ1) is 10.6. The second-order valence-corrected chi connectivity index (χ2v) is 5.25. The molecule has 114 valence electrons. The monoisotopic (exact) mass is 296 g/mol. The molecule has 0 aromatic heterocycles. The number of ether oxygens (including phenoxy) is 1. The van der Waals surface area contributed by atoms with Gasteiger partial charge in [0, 0.05) is 13.6 Å². The summed E-state index contributed by atoms with van der Waals surface area (Å²) in [6.07, 6.45) is 1.97. The lowest BCUT2D eigenvalue weighted by atomic mass is 9.98. The standard InChI is InChI=1S/C18H20N2O2/c1-4-5-10-20(2)18(21)16-15-9-7-6-8-13(15)11-14(12-19)17(16)22-3/h6-9,11H,4-5,10H2,1-3H3. The number of nitriles is 1. The number of hydrogen-bond acceptors (Lipinski definition) is 3. The van der Waals surface area contributed by atoms with Crippen LogP contribution in [0.2, 0.25) is 0 Å². The minimum Gasteiger partial charge on any atom is -0.495 e. The minimum atomic E-state index is -0.112. The van der Waals surface area contributed by atoms with Gasteiger partial charge >= 0.3 is 0 Å². The predicted octanol–water partition coefficient (Wildman–Crippen LogP) is 3.59. The summed E-state index contributed by atoms with van der Waals surface area (Å²) in [5.74, 6) is 0.244. The smallest absolute Gasteiger partial charge is 0.258 e. The highest BCUT2D eigenvalue weighted by molar-refractivity contribution is 6.10. The zero-order valence-electron chi connectivity index (χ0n) is 13.2. The van der Waals surface area contributed by atoms with Crippen LogP contribution < -0.4 is 4.74 Å². The molecule has 2 rings (SSSR count). The van der Waals surface area contributed by atoms with E-state index < -0.39 is 0 Å². The SMILES string of the molecule is CCCCN(C)C(=O)c1c(OC)c(C#N)cc2ccccc12. The quantitative estimate of drug-likeness (QED) is 0.847. The summed E-state index contributed by atoms with van der Waals surface area (Å²) in [4.78, 5) is 14.5. The van der Waals surface area contributed by atoms with Crippen LogP contribution in [-0.4, -0.2) is 31.5 Å². The Morgan fingerprint density at radius 2 is 2.09 bits per heavy atom. The molecular weight excluding hydrogens is 276 g/mol. The zero-order valence-corrected chi connectivity index (χ0v) is 13.2. The van der Waals surface area contributed by atoms with Crippen LogP contribution in [-0.2, 0) is 0 Å². The summed E-state index contributed by atoms with van der Waals surface area (Å²) in [7, 11) is 3.28. The van der Waals surface area contributed by atoms with Crippen LogP contribution in [0.4, 0.5) is 0 Å². The number of hydrogen-bond donors (Lipinski definition) is 0. The fourth-order valence-electron chi connectivity index (χ4n) is 2.52. The number of carbonyl (C=O) groups is 1. The molecule has 1 amide bonds. The lowest BCUT2D eigenvalue weighted by Gasteiger charge is -2.20. The lowest BCUT2D eigenvalue weighted by molar-refractivity contribution is 0.0792. The zero-order chi connectivity index (χ0) is 16.1.